The standard InChI is InChI=1S/C21H23N3O3/c1-14-9-10-17(12-15(14)2)23-21(27)20(26)22-16-6-5-7-18(13-16)24-11-4-3-8-19(24)25/h5-7,9-10,12-13H,3-4,8,11H2,1-2H3,(H,22,26)(H,23,27). The first-order valence-corrected chi connectivity index (χ1v) is 9.04. The Morgan fingerprint density at radius 3 is 2.26 bits per heavy atom. The second-order valence-electron chi connectivity index (χ2n) is 6.76. The van der Waals surface area contributed by atoms with Crippen molar-refractivity contribution in [1.29, 1.82) is 0 Å². The van der Waals surface area contributed by atoms with Gasteiger partial charge in [-0.3, -0.25) is 14.4 Å². The molecule has 6 heteroatoms. The molecule has 3 amide bonds. The lowest BCUT2D eigenvalue weighted by atomic mass is 10.1. The summed E-state index contributed by atoms with van der Waals surface area (Å²) in [6.45, 7) is 4.59. The number of rotatable bonds is 3. The van der Waals surface area contributed by atoms with Crippen molar-refractivity contribution >= 4 is 34.8 Å². The Labute approximate surface area is 158 Å². The highest BCUT2D eigenvalue weighted by Crippen LogP contribution is 2.24. The van der Waals surface area contributed by atoms with Gasteiger partial charge in [-0.05, 0) is 68.1 Å². The Hall–Kier alpha value is -3.15. The molecule has 0 unspecified atom stereocenters. The minimum absolute atomic E-state index is 0.0808. The van der Waals surface area contributed by atoms with E-state index in [-0.39, 0.29) is 5.91 Å². The van der Waals surface area contributed by atoms with Crippen LogP contribution in [0, 0.1) is 13.8 Å². The number of amides is 3. The monoisotopic (exact) mass is 365 g/mol. The fourth-order valence-electron chi connectivity index (χ4n) is 3.03. The van der Waals surface area contributed by atoms with Crippen molar-refractivity contribution < 1.29 is 14.4 Å². The summed E-state index contributed by atoms with van der Waals surface area (Å²) >= 11 is 0. The van der Waals surface area contributed by atoms with Crippen LogP contribution in [0.2, 0.25) is 0 Å². The zero-order chi connectivity index (χ0) is 19.4. The van der Waals surface area contributed by atoms with Crippen LogP contribution < -0.4 is 15.5 Å². The van der Waals surface area contributed by atoms with Gasteiger partial charge in [0.15, 0.2) is 0 Å². The number of carbonyl (C=O) groups is 3. The Balaban J connectivity index is 1.66. The molecule has 0 saturated carbocycles. The highest BCUT2D eigenvalue weighted by Gasteiger charge is 2.20. The van der Waals surface area contributed by atoms with Crippen molar-refractivity contribution in [2.24, 2.45) is 0 Å². The normalized spacial score (nSPS) is 14.0. The van der Waals surface area contributed by atoms with Gasteiger partial charge in [0.1, 0.15) is 0 Å². The molecule has 2 N–H and O–H groups in total. The molecule has 0 spiro atoms. The van der Waals surface area contributed by atoms with Gasteiger partial charge in [0, 0.05) is 30.0 Å². The van der Waals surface area contributed by atoms with E-state index in [0.29, 0.717) is 24.3 Å². The van der Waals surface area contributed by atoms with Crippen molar-refractivity contribution in [2.45, 2.75) is 33.1 Å². The van der Waals surface area contributed by atoms with Gasteiger partial charge < -0.3 is 15.5 Å². The third-order valence-corrected chi connectivity index (χ3v) is 4.71. The molecule has 3 rings (SSSR count). The Morgan fingerprint density at radius 2 is 1.59 bits per heavy atom. The topological polar surface area (TPSA) is 78.5 Å². The number of benzene rings is 2. The second kappa shape index (κ2) is 8.03. The van der Waals surface area contributed by atoms with E-state index in [0.717, 1.165) is 29.7 Å². The maximum Gasteiger partial charge on any atom is 0.314 e. The minimum Gasteiger partial charge on any atom is -0.318 e. The summed E-state index contributed by atoms with van der Waals surface area (Å²) < 4.78 is 0. The van der Waals surface area contributed by atoms with E-state index in [4.69, 9.17) is 0 Å². The van der Waals surface area contributed by atoms with Crippen LogP contribution in [0.4, 0.5) is 17.1 Å². The first-order valence-electron chi connectivity index (χ1n) is 9.04. The fourth-order valence-corrected chi connectivity index (χ4v) is 3.03. The van der Waals surface area contributed by atoms with Crippen molar-refractivity contribution in [3.8, 4) is 0 Å². The molecule has 27 heavy (non-hydrogen) atoms. The number of carbonyl (C=O) groups excluding carboxylic acids is 3. The third-order valence-electron chi connectivity index (χ3n) is 4.71. The van der Waals surface area contributed by atoms with Crippen molar-refractivity contribution in [1.82, 2.24) is 0 Å². The van der Waals surface area contributed by atoms with E-state index in [2.05, 4.69) is 10.6 Å². The van der Waals surface area contributed by atoms with Crippen molar-refractivity contribution in [3.63, 3.8) is 0 Å². The molecule has 1 aliphatic heterocycles. The zero-order valence-corrected chi connectivity index (χ0v) is 15.5. The molecular formula is C21H23N3O3. The Kier molecular flexibility index (Phi) is 5.54. The average molecular weight is 365 g/mol. The second-order valence-corrected chi connectivity index (χ2v) is 6.76. The van der Waals surface area contributed by atoms with Crippen molar-refractivity contribution in [2.75, 3.05) is 22.1 Å². The summed E-state index contributed by atoms with van der Waals surface area (Å²) in [5, 5.41) is 5.19. The molecule has 1 heterocycles. The molecule has 140 valence electrons. The zero-order valence-electron chi connectivity index (χ0n) is 15.5. The summed E-state index contributed by atoms with van der Waals surface area (Å²) in [6.07, 6.45) is 2.40. The lowest BCUT2D eigenvalue weighted by molar-refractivity contribution is -0.132. The number of hydrogen-bond acceptors (Lipinski definition) is 3. The number of hydrogen-bond donors (Lipinski definition) is 2. The first kappa shape index (κ1) is 18.6. The van der Waals surface area contributed by atoms with Crippen LogP contribution in [-0.4, -0.2) is 24.3 Å². The average Bonchev–Trinajstić information content (AvgIpc) is 2.65. The lowest BCUT2D eigenvalue weighted by Crippen LogP contribution is -2.35. The van der Waals surface area contributed by atoms with E-state index in [9.17, 15) is 14.4 Å². The van der Waals surface area contributed by atoms with Crippen LogP contribution in [0.5, 0.6) is 0 Å². The van der Waals surface area contributed by atoms with Crippen molar-refractivity contribution in [3.05, 3.63) is 53.6 Å². The van der Waals surface area contributed by atoms with Crippen LogP contribution in [-0.2, 0) is 14.4 Å². The highest BCUT2D eigenvalue weighted by atomic mass is 16.2. The molecular weight excluding hydrogens is 342 g/mol. The predicted octanol–water partition coefficient (Wildman–Crippen LogP) is 3.40. The minimum atomic E-state index is -0.754. The Bertz CT molecular complexity index is 892. The summed E-state index contributed by atoms with van der Waals surface area (Å²) in [6, 6.07) is 12.5. The number of anilines is 3. The molecule has 0 aliphatic carbocycles. The van der Waals surface area contributed by atoms with E-state index in [1.165, 1.54) is 0 Å². The Morgan fingerprint density at radius 1 is 0.889 bits per heavy atom. The molecule has 1 aliphatic rings. The number of nitrogens with one attached hydrogen (secondary N) is 2. The molecule has 0 radical (unpaired) electrons. The lowest BCUT2D eigenvalue weighted by Gasteiger charge is -2.27. The summed E-state index contributed by atoms with van der Waals surface area (Å²) in [7, 11) is 0. The molecule has 1 fully saturated rings. The van der Waals surface area contributed by atoms with E-state index in [1.54, 1.807) is 29.2 Å². The summed E-state index contributed by atoms with van der Waals surface area (Å²) in [5.74, 6) is -1.41. The number of aryl methyl sites for hydroxylation is 2. The highest BCUT2D eigenvalue weighted by molar-refractivity contribution is 6.43. The van der Waals surface area contributed by atoms with Gasteiger partial charge in [-0.15, -0.1) is 0 Å². The van der Waals surface area contributed by atoms with Crippen LogP contribution in [0.1, 0.15) is 30.4 Å². The molecule has 0 aromatic heterocycles. The molecule has 2 aromatic rings. The van der Waals surface area contributed by atoms with Gasteiger partial charge in [0.05, 0.1) is 0 Å². The SMILES string of the molecule is Cc1ccc(NC(=O)C(=O)Nc2cccc(N3CCCCC3=O)c2)cc1C. The van der Waals surface area contributed by atoms with Crippen LogP contribution in [0.3, 0.4) is 0 Å². The van der Waals surface area contributed by atoms with E-state index in [1.807, 2.05) is 32.0 Å². The molecule has 0 atom stereocenters. The van der Waals surface area contributed by atoms with Gasteiger partial charge in [0.2, 0.25) is 5.91 Å². The van der Waals surface area contributed by atoms with E-state index < -0.39 is 11.8 Å². The third kappa shape index (κ3) is 4.53. The molecule has 1 saturated heterocycles. The first-order chi connectivity index (χ1) is 12.9. The predicted molar refractivity (Wildman–Crippen MR) is 106 cm³/mol. The van der Waals surface area contributed by atoms with Gasteiger partial charge in [-0.2, -0.15) is 0 Å². The number of nitrogens with zero attached hydrogens (tertiary/aromatic N) is 1. The maximum absolute atomic E-state index is 12.2. The van der Waals surface area contributed by atoms with Gasteiger partial charge in [0.25, 0.3) is 0 Å². The maximum atomic E-state index is 12.2. The molecule has 2 aromatic carbocycles. The molecule has 6 nitrogen and oxygen atoms in total. The molecule has 0 bridgehead atoms. The van der Waals surface area contributed by atoms with Gasteiger partial charge >= 0.3 is 11.8 Å². The quantitative estimate of drug-likeness (QED) is 0.819. The largest absolute Gasteiger partial charge is 0.318 e. The summed E-state index contributed by atoms with van der Waals surface area (Å²) in [5.41, 5.74) is 3.93. The number of piperidine rings is 1. The van der Waals surface area contributed by atoms with Crippen LogP contribution >= 0.6 is 0 Å². The smallest absolute Gasteiger partial charge is 0.314 e. The van der Waals surface area contributed by atoms with Gasteiger partial charge in [-0.1, -0.05) is 12.1 Å². The van der Waals surface area contributed by atoms with Crippen LogP contribution in [0.25, 0.3) is 0 Å². The fraction of sp³-hybridized carbons (Fsp3) is 0.286. The van der Waals surface area contributed by atoms with Crippen LogP contribution in [0.15, 0.2) is 42.5 Å². The van der Waals surface area contributed by atoms with Gasteiger partial charge in [-0.25, -0.2) is 0 Å². The van der Waals surface area contributed by atoms with E-state index >= 15 is 0 Å². The summed E-state index contributed by atoms with van der Waals surface area (Å²) in [4.78, 5) is 38.2.